The summed E-state index contributed by atoms with van der Waals surface area (Å²) in [6, 6.07) is 18.6. The van der Waals surface area contributed by atoms with E-state index in [0.29, 0.717) is 5.96 Å². The number of anilines is 1. The molecular weight excluding hydrogens is 258 g/mol. The van der Waals surface area contributed by atoms with E-state index in [1.807, 2.05) is 30.3 Å². The van der Waals surface area contributed by atoms with Crippen molar-refractivity contribution < 1.29 is 0 Å². The number of nitrogens with two attached hydrogens (primary N) is 1. The van der Waals surface area contributed by atoms with Crippen molar-refractivity contribution in [1.82, 2.24) is 0 Å². The minimum absolute atomic E-state index is 0.173. The molecule has 0 amide bonds. The standard InChI is InChI=1S/C18H21N3/c1-18(11-14-7-5-6-8-15(14)12-18)13-20-17(19)21-16-9-3-2-4-10-16/h2-10H,11-13H2,1H3,(H3,19,20,21). The largest absolute Gasteiger partial charge is 0.370 e. The highest BCUT2D eigenvalue weighted by Gasteiger charge is 2.32. The van der Waals surface area contributed by atoms with Crippen molar-refractivity contribution >= 4 is 11.6 Å². The van der Waals surface area contributed by atoms with Crippen molar-refractivity contribution in [2.75, 3.05) is 11.9 Å². The van der Waals surface area contributed by atoms with E-state index in [2.05, 4.69) is 41.5 Å². The predicted molar refractivity (Wildman–Crippen MR) is 88.5 cm³/mol. The lowest BCUT2D eigenvalue weighted by molar-refractivity contribution is 0.360. The van der Waals surface area contributed by atoms with Crippen molar-refractivity contribution in [3.8, 4) is 0 Å². The van der Waals surface area contributed by atoms with Crippen LogP contribution >= 0.6 is 0 Å². The lowest BCUT2D eigenvalue weighted by atomic mass is 9.87. The molecule has 0 saturated carbocycles. The summed E-state index contributed by atoms with van der Waals surface area (Å²) in [5, 5.41) is 3.13. The number of fused-ring (bicyclic) bond motifs is 1. The Morgan fingerprint density at radius 2 is 1.62 bits per heavy atom. The second-order valence-electron chi connectivity index (χ2n) is 6.13. The zero-order chi connectivity index (χ0) is 14.7. The summed E-state index contributed by atoms with van der Waals surface area (Å²) in [5.41, 5.74) is 10.0. The van der Waals surface area contributed by atoms with E-state index in [1.54, 1.807) is 0 Å². The Morgan fingerprint density at radius 3 is 2.24 bits per heavy atom. The molecule has 1 aliphatic carbocycles. The minimum atomic E-state index is 0.173. The average Bonchev–Trinajstić information content (AvgIpc) is 2.83. The SMILES string of the molecule is CC1(CN=C(N)Nc2ccccc2)Cc2ccccc2C1. The van der Waals surface area contributed by atoms with Crippen LogP contribution in [0, 0.1) is 5.41 Å². The number of nitrogens with zero attached hydrogens (tertiary/aromatic N) is 1. The molecule has 0 saturated heterocycles. The average molecular weight is 279 g/mol. The van der Waals surface area contributed by atoms with E-state index in [1.165, 1.54) is 11.1 Å². The van der Waals surface area contributed by atoms with Gasteiger partial charge in [-0.3, -0.25) is 4.99 Å². The van der Waals surface area contributed by atoms with Gasteiger partial charge in [-0.1, -0.05) is 49.4 Å². The van der Waals surface area contributed by atoms with Crippen LogP contribution in [-0.2, 0) is 12.8 Å². The number of rotatable bonds is 3. The molecule has 0 unspecified atom stereocenters. The quantitative estimate of drug-likeness (QED) is 0.669. The van der Waals surface area contributed by atoms with Gasteiger partial charge in [0.1, 0.15) is 0 Å². The first-order valence-electron chi connectivity index (χ1n) is 7.33. The topological polar surface area (TPSA) is 50.4 Å². The molecule has 2 aromatic rings. The van der Waals surface area contributed by atoms with Crippen molar-refractivity contribution in [3.05, 3.63) is 65.7 Å². The van der Waals surface area contributed by atoms with Crippen LogP contribution in [-0.4, -0.2) is 12.5 Å². The number of hydrogen-bond acceptors (Lipinski definition) is 1. The molecule has 21 heavy (non-hydrogen) atoms. The van der Waals surface area contributed by atoms with Crippen LogP contribution < -0.4 is 11.1 Å². The Labute approximate surface area is 125 Å². The first-order chi connectivity index (χ1) is 10.1. The van der Waals surface area contributed by atoms with Crippen molar-refractivity contribution in [2.45, 2.75) is 19.8 Å². The van der Waals surface area contributed by atoms with Gasteiger partial charge in [-0.05, 0) is 41.5 Å². The van der Waals surface area contributed by atoms with Gasteiger partial charge in [-0.15, -0.1) is 0 Å². The highest BCUT2D eigenvalue weighted by atomic mass is 15.1. The van der Waals surface area contributed by atoms with Crippen LogP contribution in [0.5, 0.6) is 0 Å². The van der Waals surface area contributed by atoms with Crippen LogP contribution in [0.25, 0.3) is 0 Å². The van der Waals surface area contributed by atoms with E-state index in [-0.39, 0.29) is 5.41 Å². The zero-order valence-electron chi connectivity index (χ0n) is 12.3. The van der Waals surface area contributed by atoms with Crippen molar-refractivity contribution in [1.29, 1.82) is 0 Å². The van der Waals surface area contributed by atoms with Gasteiger partial charge in [0.2, 0.25) is 0 Å². The van der Waals surface area contributed by atoms with Crippen LogP contribution in [0.1, 0.15) is 18.1 Å². The summed E-state index contributed by atoms with van der Waals surface area (Å²) in [7, 11) is 0. The van der Waals surface area contributed by atoms with Gasteiger partial charge >= 0.3 is 0 Å². The molecule has 0 spiro atoms. The monoisotopic (exact) mass is 279 g/mol. The number of hydrogen-bond donors (Lipinski definition) is 2. The maximum Gasteiger partial charge on any atom is 0.193 e. The molecule has 0 fully saturated rings. The van der Waals surface area contributed by atoms with Crippen LogP contribution in [0.4, 0.5) is 5.69 Å². The van der Waals surface area contributed by atoms with Gasteiger partial charge in [0, 0.05) is 12.2 Å². The molecule has 0 bridgehead atoms. The van der Waals surface area contributed by atoms with E-state index in [4.69, 9.17) is 5.73 Å². The Bertz CT molecular complexity index is 622. The molecule has 0 heterocycles. The molecule has 1 aliphatic rings. The molecule has 0 aromatic heterocycles. The second-order valence-corrected chi connectivity index (χ2v) is 6.13. The molecule has 0 atom stereocenters. The highest BCUT2D eigenvalue weighted by molar-refractivity contribution is 5.92. The first kappa shape index (κ1) is 13.7. The molecule has 3 N–H and O–H groups in total. The zero-order valence-corrected chi connectivity index (χ0v) is 12.3. The van der Waals surface area contributed by atoms with E-state index >= 15 is 0 Å². The third-order valence-corrected chi connectivity index (χ3v) is 4.03. The van der Waals surface area contributed by atoms with E-state index in [9.17, 15) is 0 Å². The van der Waals surface area contributed by atoms with E-state index < -0.39 is 0 Å². The summed E-state index contributed by atoms with van der Waals surface area (Å²) in [6.45, 7) is 3.03. The molecule has 3 nitrogen and oxygen atoms in total. The van der Waals surface area contributed by atoms with Crippen molar-refractivity contribution in [3.63, 3.8) is 0 Å². The highest BCUT2D eigenvalue weighted by Crippen LogP contribution is 2.36. The smallest absolute Gasteiger partial charge is 0.193 e. The lowest BCUT2D eigenvalue weighted by Crippen LogP contribution is -2.27. The van der Waals surface area contributed by atoms with Crippen LogP contribution in [0.2, 0.25) is 0 Å². The fraction of sp³-hybridized carbons (Fsp3) is 0.278. The fourth-order valence-electron chi connectivity index (χ4n) is 2.98. The Hall–Kier alpha value is -2.29. The molecule has 0 aliphatic heterocycles. The summed E-state index contributed by atoms with van der Waals surface area (Å²) in [6.07, 6.45) is 2.15. The molecule has 108 valence electrons. The Balaban J connectivity index is 1.64. The molecule has 2 aromatic carbocycles. The number of guanidine groups is 1. The van der Waals surface area contributed by atoms with Gasteiger partial charge in [0.25, 0.3) is 0 Å². The second kappa shape index (κ2) is 5.60. The van der Waals surface area contributed by atoms with Gasteiger partial charge in [0.15, 0.2) is 5.96 Å². The molecule has 3 rings (SSSR count). The Morgan fingerprint density at radius 1 is 1.05 bits per heavy atom. The van der Waals surface area contributed by atoms with Crippen molar-refractivity contribution in [2.24, 2.45) is 16.1 Å². The van der Waals surface area contributed by atoms with Gasteiger partial charge < -0.3 is 11.1 Å². The fourth-order valence-corrected chi connectivity index (χ4v) is 2.98. The third-order valence-electron chi connectivity index (χ3n) is 4.03. The van der Waals surface area contributed by atoms with Gasteiger partial charge in [0.05, 0.1) is 0 Å². The number of aliphatic imine (C=N–C) groups is 1. The molecule has 3 heteroatoms. The lowest BCUT2D eigenvalue weighted by Gasteiger charge is -2.21. The molecular formula is C18H21N3. The number of para-hydroxylation sites is 1. The Kier molecular flexibility index (Phi) is 3.65. The first-order valence-corrected chi connectivity index (χ1v) is 7.33. The van der Waals surface area contributed by atoms with Gasteiger partial charge in [-0.2, -0.15) is 0 Å². The third kappa shape index (κ3) is 3.24. The summed E-state index contributed by atoms with van der Waals surface area (Å²) in [4.78, 5) is 4.54. The number of benzene rings is 2. The minimum Gasteiger partial charge on any atom is -0.370 e. The van der Waals surface area contributed by atoms with Crippen LogP contribution in [0.15, 0.2) is 59.6 Å². The number of nitrogens with one attached hydrogen (secondary N) is 1. The maximum atomic E-state index is 5.99. The molecule has 0 radical (unpaired) electrons. The maximum absolute atomic E-state index is 5.99. The summed E-state index contributed by atoms with van der Waals surface area (Å²) >= 11 is 0. The normalized spacial score (nSPS) is 16.5. The summed E-state index contributed by atoms with van der Waals surface area (Å²) in [5.74, 6) is 0.485. The van der Waals surface area contributed by atoms with Crippen LogP contribution in [0.3, 0.4) is 0 Å². The predicted octanol–water partition coefficient (Wildman–Crippen LogP) is 3.22. The van der Waals surface area contributed by atoms with E-state index in [0.717, 1.165) is 25.1 Å². The van der Waals surface area contributed by atoms with Gasteiger partial charge in [-0.25, -0.2) is 0 Å². The summed E-state index contributed by atoms with van der Waals surface area (Å²) < 4.78 is 0.